The van der Waals surface area contributed by atoms with Crippen LogP contribution in [-0.4, -0.2) is 0 Å². The van der Waals surface area contributed by atoms with Gasteiger partial charge in [0.2, 0.25) is 0 Å². The maximum Gasteiger partial charge on any atom is 3.00 e. The van der Waals surface area contributed by atoms with E-state index >= 15 is 0 Å². The summed E-state index contributed by atoms with van der Waals surface area (Å²) in [6, 6.07) is 17.6. The average molecular weight is 355 g/mol. The van der Waals surface area contributed by atoms with Crippen molar-refractivity contribution < 1.29 is 51.0 Å². The van der Waals surface area contributed by atoms with Gasteiger partial charge >= 0.3 is 26.2 Å². The molecule has 0 bridgehead atoms. The Bertz CT molecular complexity index is 629. The van der Waals surface area contributed by atoms with Crippen molar-refractivity contribution in [2.24, 2.45) is 0 Å². The molecule has 1 radical (unpaired) electrons. The van der Waals surface area contributed by atoms with Crippen LogP contribution in [0.25, 0.3) is 21.5 Å². The van der Waals surface area contributed by atoms with E-state index in [4.69, 9.17) is 0 Å². The van der Waals surface area contributed by atoms with E-state index in [0.29, 0.717) is 0 Å². The molecule has 0 amide bonds. The Morgan fingerprint density at radius 3 is 2.33 bits per heavy atom. The van der Waals surface area contributed by atoms with Crippen LogP contribution in [0, 0.1) is 0 Å². The third-order valence-electron chi connectivity index (χ3n) is 3.08. The summed E-state index contributed by atoms with van der Waals surface area (Å²) in [7, 11) is 0. The zero-order valence-corrected chi connectivity index (χ0v) is 14.1. The van der Waals surface area contributed by atoms with E-state index in [-0.39, 0.29) is 51.0 Å². The van der Waals surface area contributed by atoms with E-state index in [0.717, 1.165) is 6.42 Å². The first-order valence-electron chi connectivity index (χ1n) is 5.45. The van der Waals surface area contributed by atoms with E-state index in [1.807, 2.05) is 0 Å². The third kappa shape index (κ3) is 3.02. The van der Waals surface area contributed by atoms with Crippen molar-refractivity contribution in [2.75, 3.05) is 0 Å². The molecule has 91 valence electrons. The van der Waals surface area contributed by atoms with E-state index < -0.39 is 0 Å². The van der Waals surface area contributed by atoms with Crippen molar-refractivity contribution in [3.63, 3.8) is 0 Å². The first-order valence-corrected chi connectivity index (χ1v) is 5.45. The Balaban J connectivity index is 0.000000963. The summed E-state index contributed by atoms with van der Waals surface area (Å²) in [6.07, 6.45) is 1.11. The first kappa shape index (κ1) is 17.8. The number of halogens is 2. The zero-order chi connectivity index (χ0) is 10.3. The van der Waals surface area contributed by atoms with Crippen LogP contribution in [0.2, 0.25) is 0 Å². The van der Waals surface area contributed by atoms with E-state index in [2.05, 4.69) is 55.5 Å². The molecule has 0 atom stereocenters. The van der Waals surface area contributed by atoms with Crippen molar-refractivity contribution in [2.45, 2.75) is 13.3 Å². The summed E-state index contributed by atoms with van der Waals surface area (Å²) in [6.45, 7) is 2.20. The van der Waals surface area contributed by atoms with E-state index in [9.17, 15) is 0 Å². The van der Waals surface area contributed by atoms with Gasteiger partial charge in [0, 0.05) is 0 Å². The van der Waals surface area contributed by atoms with Gasteiger partial charge in [0.05, 0.1) is 0 Å². The van der Waals surface area contributed by atoms with Gasteiger partial charge in [0.1, 0.15) is 0 Å². The van der Waals surface area contributed by atoms with Gasteiger partial charge in [0.15, 0.2) is 0 Å². The molecule has 0 aliphatic rings. The molecule has 0 saturated carbocycles. The van der Waals surface area contributed by atoms with Crippen LogP contribution >= 0.6 is 0 Å². The second-order valence-electron chi connectivity index (χ2n) is 4.01. The van der Waals surface area contributed by atoms with Gasteiger partial charge in [-0.3, -0.25) is 0 Å². The SMILES string of the molecule is CCc1cc2ccc3ccccc3c2[cH-]1.[Cl-].[Cl-].[Zr+3]. The molecule has 3 rings (SSSR count). The molecule has 0 aromatic heterocycles. The van der Waals surface area contributed by atoms with Gasteiger partial charge in [-0.2, -0.15) is 6.07 Å². The van der Waals surface area contributed by atoms with Gasteiger partial charge in [-0.1, -0.05) is 48.0 Å². The largest absolute Gasteiger partial charge is 3.00 e. The minimum absolute atomic E-state index is 0. The summed E-state index contributed by atoms with van der Waals surface area (Å²) in [4.78, 5) is 0. The maximum atomic E-state index is 2.32. The van der Waals surface area contributed by atoms with Crippen LogP contribution in [0.1, 0.15) is 12.5 Å². The number of benzene rings is 2. The van der Waals surface area contributed by atoms with Crippen molar-refractivity contribution >= 4 is 21.5 Å². The number of aryl methyl sites for hydroxylation is 1. The topological polar surface area (TPSA) is 0 Å². The molecule has 0 saturated heterocycles. The molecule has 3 heteroatoms. The summed E-state index contributed by atoms with van der Waals surface area (Å²) >= 11 is 0. The van der Waals surface area contributed by atoms with Crippen LogP contribution in [0.15, 0.2) is 48.5 Å². The zero-order valence-electron chi connectivity index (χ0n) is 10.1. The molecule has 0 aliphatic carbocycles. The van der Waals surface area contributed by atoms with Gasteiger partial charge in [-0.05, 0) is 6.42 Å². The fourth-order valence-electron chi connectivity index (χ4n) is 2.23. The minimum atomic E-state index is 0. The maximum absolute atomic E-state index is 2.32. The van der Waals surface area contributed by atoms with Crippen LogP contribution in [0.4, 0.5) is 0 Å². The molecule has 0 N–H and O–H groups in total. The van der Waals surface area contributed by atoms with Gasteiger partial charge in [-0.15, -0.1) is 28.5 Å². The van der Waals surface area contributed by atoms with Crippen molar-refractivity contribution in [3.8, 4) is 0 Å². The number of rotatable bonds is 1. The molecular weight excluding hydrogens is 342 g/mol. The summed E-state index contributed by atoms with van der Waals surface area (Å²) in [5.74, 6) is 0. The van der Waals surface area contributed by atoms with Crippen molar-refractivity contribution in [1.82, 2.24) is 0 Å². The Morgan fingerprint density at radius 1 is 0.944 bits per heavy atom. The smallest absolute Gasteiger partial charge is 1.00 e. The van der Waals surface area contributed by atoms with Gasteiger partial charge in [0.25, 0.3) is 0 Å². The molecule has 3 aromatic rings. The molecule has 0 aliphatic heterocycles. The van der Waals surface area contributed by atoms with E-state index in [1.165, 1.54) is 27.1 Å². The number of fused-ring (bicyclic) bond motifs is 3. The monoisotopic (exact) mass is 353 g/mol. The quantitative estimate of drug-likeness (QED) is 0.456. The van der Waals surface area contributed by atoms with Crippen molar-refractivity contribution in [3.05, 3.63) is 54.1 Å². The molecule has 0 heterocycles. The molecule has 0 spiro atoms. The second-order valence-corrected chi connectivity index (χ2v) is 4.01. The standard InChI is InChI=1S/C15H13.2ClH.Zr/c1-2-11-9-13-8-7-12-5-3-4-6-14(12)15(13)10-11;;;/h3-10H,2H2,1H3;2*1H;/q-1;;;+3/p-2. The van der Waals surface area contributed by atoms with Crippen molar-refractivity contribution in [1.29, 1.82) is 0 Å². The Hall–Kier alpha value is -0.227. The predicted molar refractivity (Wildman–Crippen MR) is 66.4 cm³/mol. The van der Waals surface area contributed by atoms with Crippen LogP contribution in [0.3, 0.4) is 0 Å². The van der Waals surface area contributed by atoms with E-state index in [1.54, 1.807) is 0 Å². The average Bonchev–Trinajstić information content (AvgIpc) is 2.72. The molecule has 0 unspecified atom stereocenters. The fraction of sp³-hybridized carbons (Fsp3) is 0.133. The third-order valence-corrected chi connectivity index (χ3v) is 3.08. The normalized spacial score (nSPS) is 9.39. The molecule has 0 fully saturated rings. The Kier molecular flexibility index (Phi) is 7.29. The van der Waals surface area contributed by atoms with Gasteiger partial charge < -0.3 is 24.8 Å². The molecule has 3 aromatic carbocycles. The van der Waals surface area contributed by atoms with Crippen LogP contribution in [0.5, 0.6) is 0 Å². The molecule has 0 nitrogen and oxygen atoms in total. The number of hydrogen-bond acceptors (Lipinski definition) is 0. The van der Waals surface area contributed by atoms with Crippen LogP contribution in [-0.2, 0) is 32.6 Å². The summed E-state index contributed by atoms with van der Waals surface area (Å²) in [5, 5.41) is 5.46. The summed E-state index contributed by atoms with van der Waals surface area (Å²) < 4.78 is 0. The molecule has 18 heavy (non-hydrogen) atoms. The second kappa shape index (κ2) is 7.38. The minimum Gasteiger partial charge on any atom is -1.00 e. The van der Waals surface area contributed by atoms with Gasteiger partial charge in [-0.25, -0.2) is 0 Å². The number of hydrogen-bond donors (Lipinski definition) is 0. The summed E-state index contributed by atoms with van der Waals surface area (Å²) in [5.41, 5.74) is 1.43. The molecular formula is C15H13Cl2Zr. The fourth-order valence-corrected chi connectivity index (χ4v) is 2.23. The Labute approximate surface area is 139 Å². The first-order chi connectivity index (χ1) is 7.38. The Morgan fingerprint density at radius 2 is 1.61 bits per heavy atom. The predicted octanol–water partition coefficient (Wildman–Crippen LogP) is -1.72. The van der Waals surface area contributed by atoms with Crippen LogP contribution < -0.4 is 24.8 Å².